The third-order valence-corrected chi connectivity index (χ3v) is 3.88. The molecule has 6 heteroatoms. The monoisotopic (exact) mass is 337 g/mol. The maximum atomic E-state index is 11.3. The van der Waals surface area contributed by atoms with E-state index in [0.29, 0.717) is 26.0 Å². The summed E-state index contributed by atoms with van der Waals surface area (Å²) in [5.74, 6) is 1.61. The Morgan fingerprint density at radius 2 is 2.00 bits per heavy atom. The summed E-state index contributed by atoms with van der Waals surface area (Å²) in [7, 11) is 0. The van der Waals surface area contributed by atoms with Gasteiger partial charge in [-0.2, -0.15) is 0 Å². The second-order valence-electron chi connectivity index (χ2n) is 4.76. The van der Waals surface area contributed by atoms with Crippen LogP contribution in [0.3, 0.4) is 0 Å². The predicted octanol–water partition coefficient (Wildman–Crippen LogP) is 2.68. The molecule has 0 aliphatic carbocycles. The average Bonchev–Trinajstić information content (AvgIpc) is 2.56. The van der Waals surface area contributed by atoms with Crippen LogP contribution in [0.25, 0.3) is 0 Å². The fourth-order valence-corrected chi connectivity index (χ4v) is 2.63. The van der Waals surface area contributed by atoms with Gasteiger partial charge in [0.1, 0.15) is 0 Å². The van der Waals surface area contributed by atoms with Crippen LogP contribution in [0, 0.1) is 0 Å². The lowest BCUT2D eigenvalue weighted by atomic mass is 10.3. The number of thioether (sulfide) groups is 1. The first kappa shape index (κ1) is 19.4. The number of guanidine groups is 1. The SMILES string of the molecule is CCNC(=NCCCC(=O)OCC)NCCSc1ccccc1. The molecule has 0 aliphatic heterocycles. The van der Waals surface area contributed by atoms with Crippen molar-refractivity contribution < 1.29 is 9.53 Å². The molecule has 0 atom stereocenters. The van der Waals surface area contributed by atoms with Crippen LogP contribution >= 0.6 is 11.8 Å². The Kier molecular flexibility index (Phi) is 10.8. The minimum Gasteiger partial charge on any atom is -0.466 e. The van der Waals surface area contributed by atoms with Crippen LogP contribution in [0.4, 0.5) is 0 Å². The van der Waals surface area contributed by atoms with Crippen molar-refractivity contribution in [1.82, 2.24) is 10.6 Å². The van der Waals surface area contributed by atoms with Crippen LogP contribution in [-0.2, 0) is 9.53 Å². The molecule has 0 unspecified atom stereocenters. The van der Waals surface area contributed by atoms with Gasteiger partial charge in [-0.3, -0.25) is 9.79 Å². The van der Waals surface area contributed by atoms with E-state index in [2.05, 4.69) is 27.8 Å². The van der Waals surface area contributed by atoms with Crippen LogP contribution in [-0.4, -0.2) is 43.9 Å². The lowest BCUT2D eigenvalue weighted by Crippen LogP contribution is -2.38. The van der Waals surface area contributed by atoms with Gasteiger partial charge in [-0.25, -0.2) is 0 Å². The van der Waals surface area contributed by atoms with Gasteiger partial charge >= 0.3 is 5.97 Å². The zero-order chi connectivity index (χ0) is 16.8. The van der Waals surface area contributed by atoms with Crippen LogP contribution in [0.1, 0.15) is 26.7 Å². The van der Waals surface area contributed by atoms with Crippen LogP contribution in [0.2, 0.25) is 0 Å². The van der Waals surface area contributed by atoms with E-state index < -0.39 is 0 Å². The van der Waals surface area contributed by atoms with E-state index >= 15 is 0 Å². The minimum atomic E-state index is -0.153. The van der Waals surface area contributed by atoms with Crippen molar-refractivity contribution in [2.75, 3.05) is 32.0 Å². The predicted molar refractivity (Wildman–Crippen MR) is 97.0 cm³/mol. The summed E-state index contributed by atoms with van der Waals surface area (Å²) in [6.07, 6.45) is 1.12. The Hall–Kier alpha value is -1.69. The largest absolute Gasteiger partial charge is 0.466 e. The number of ether oxygens (including phenoxy) is 1. The number of nitrogens with zero attached hydrogens (tertiary/aromatic N) is 1. The molecule has 1 aromatic rings. The van der Waals surface area contributed by atoms with Gasteiger partial charge in [0.25, 0.3) is 0 Å². The van der Waals surface area contributed by atoms with Gasteiger partial charge in [-0.05, 0) is 32.4 Å². The Balaban J connectivity index is 2.22. The Morgan fingerprint density at radius 1 is 1.22 bits per heavy atom. The molecule has 0 amide bonds. The second kappa shape index (κ2) is 12.8. The number of aliphatic imine (C=N–C) groups is 1. The first-order valence-electron chi connectivity index (χ1n) is 8.12. The first-order chi connectivity index (χ1) is 11.3. The molecular weight excluding hydrogens is 310 g/mol. The lowest BCUT2D eigenvalue weighted by molar-refractivity contribution is -0.143. The van der Waals surface area contributed by atoms with Crippen molar-refractivity contribution >= 4 is 23.7 Å². The smallest absolute Gasteiger partial charge is 0.305 e. The highest BCUT2D eigenvalue weighted by atomic mass is 32.2. The van der Waals surface area contributed by atoms with Gasteiger partial charge < -0.3 is 15.4 Å². The number of esters is 1. The van der Waals surface area contributed by atoms with Crippen molar-refractivity contribution in [3.8, 4) is 0 Å². The summed E-state index contributed by atoms with van der Waals surface area (Å²) in [6.45, 7) is 6.55. The quantitative estimate of drug-likeness (QED) is 0.226. The first-order valence-corrected chi connectivity index (χ1v) is 9.10. The number of carbonyl (C=O) groups excluding carboxylic acids is 1. The molecule has 0 saturated carbocycles. The highest BCUT2D eigenvalue weighted by molar-refractivity contribution is 7.99. The van der Waals surface area contributed by atoms with Crippen molar-refractivity contribution in [2.24, 2.45) is 4.99 Å². The molecule has 0 spiro atoms. The molecule has 0 saturated heterocycles. The minimum absolute atomic E-state index is 0.153. The van der Waals surface area contributed by atoms with Crippen molar-refractivity contribution in [3.05, 3.63) is 30.3 Å². The van der Waals surface area contributed by atoms with Crippen molar-refractivity contribution in [3.63, 3.8) is 0 Å². The van der Waals surface area contributed by atoms with Gasteiger partial charge in [-0.1, -0.05) is 18.2 Å². The standard InChI is InChI=1S/C17H27N3O2S/c1-3-18-17(19-12-8-11-16(21)22-4-2)20-13-14-23-15-9-6-5-7-10-15/h5-7,9-10H,3-4,8,11-14H2,1-2H3,(H2,18,19,20). The molecular formula is C17H27N3O2S. The van der Waals surface area contributed by atoms with Crippen molar-refractivity contribution in [2.45, 2.75) is 31.6 Å². The summed E-state index contributed by atoms with van der Waals surface area (Å²) < 4.78 is 4.90. The molecule has 0 heterocycles. The normalized spacial score (nSPS) is 11.1. The number of rotatable bonds is 10. The number of hydrogen-bond acceptors (Lipinski definition) is 4. The molecule has 128 valence electrons. The molecule has 0 radical (unpaired) electrons. The molecule has 2 N–H and O–H groups in total. The molecule has 0 aliphatic rings. The molecule has 0 fully saturated rings. The fraction of sp³-hybridized carbons (Fsp3) is 0.529. The molecule has 1 rings (SSSR count). The third kappa shape index (κ3) is 9.84. The molecule has 0 bridgehead atoms. The topological polar surface area (TPSA) is 62.7 Å². The molecule has 23 heavy (non-hydrogen) atoms. The van der Waals surface area contributed by atoms with Crippen LogP contribution in [0.15, 0.2) is 40.2 Å². The van der Waals surface area contributed by atoms with Gasteiger partial charge in [0.05, 0.1) is 6.61 Å². The maximum Gasteiger partial charge on any atom is 0.305 e. The summed E-state index contributed by atoms with van der Waals surface area (Å²) >= 11 is 1.81. The van der Waals surface area contributed by atoms with Crippen LogP contribution in [0.5, 0.6) is 0 Å². The number of carbonyl (C=O) groups is 1. The van der Waals surface area contributed by atoms with E-state index in [4.69, 9.17) is 4.74 Å². The van der Waals surface area contributed by atoms with Gasteiger partial charge in [0.15, 0.2) is 5.96 Å². The lowest BCUT2D eigenvalue weighted by Gasteiger charge is -2.11. The summed E-state index contributed by atoms with van der Waals surface area (Å²) in [5.41, 5.74) is 0. The zero-order valence-electron chi connectivity index (χ0n) is 14.0. The number of benzene rings is 1. The maximum absolute atomic E-state index is 11.3. The molecule has 1 aromatic carbocycles. The average molecular weight is 337 g/mol. The number of hydrogen-bond donors (Lipinski definition) is 2. The van der Waals surface area contributed by atoms with E-state index in [-0.39, 0.29) is 5.97 Å². The Bertz CT molecular complexity index is 466. The van der Waals surface area contributed by atoms with E-state index in [0.717, 1.165) is 24.8 Å². The third-order valence-electron chi connectivity index (χ3n) is 2.86. The zero-order valence-corrected chi connectivity index (χ0v) is 14.8. The summed E-state index contributed by atoms with van der Waals surface area (Å²) in [6, 6.07) is 10.3. The van der Waals surface area contributed by atoms with Crippen molar-refractivity contribution in [1.29, 1.82) is 0 Å². The highest BCUT2D eigenvalue weighted by Gasteiger charge is 2.01. The van der Waals surface area contributed by atoms with E-state index in [1.54, 1.807) is 0 Å². The van der Waals surface area contributed by atoms with Gasteiger partial charge in [0, 0.05) is 36.7 Å². The van der Waals surface area contributed by atoms with Gasteiger partial charge in [-0.15, -0.1) is 11.8 Å². The number of nitrogens with one attached hydrogen (secondary N) is 2. The Labute approximate surface area is 143 Å². The van der Waals surface area contributed by atoms with Gasteiger partial charge in [0.2, 0.25) is 0 Å². The molecule has 0 aromatic heterocycles. The highest BCUT2D eigenvalue weighted by Crippen LogP contribution is 2.15. The molecule has 5 nitrogen and oxygen atoms in total. The second-order valence-corrected chi connectivity index (χ2v) is 5.93. The van der Waals surface area contributed by atoms with E-state index in [9.17, 15) is 4.79 Å². The van der Waals surface area contributed by atoms with Crippen LogP contribution < -0.4 is 10.6 Å². The Morgan fingerprint density at radius 3 is 2.70 bits per heavy atom. The summed E-state index contributed by atoms with van der Waals surface area (Å²) in [4.78, 5) is 17.0. The van der Waals surface area contributed by atoms with E-state index in [1.165, 1.54) is 4.90 Å². The summed E-state index contributed by atoms with van der Waals surface area (Å²) in [5, 5.41) is 6.51. The fourth-order valence-electron chi connectivity index (χ4n) is 1.84. The van der Waals surface area contributed by atoms with E-state index in [1.807, 2.05) is 43.8 Å².